The Hall–Kier alpha value is -1.92. The van der Waals surface area contributed by atoms with Crippen LogP contribution in [-0.4, -0.2) is 20.2 Å². The summed E-state index contributed by atoms with van der Waals surface area (Å²) in [6, 6.07) is 15.4. The van der Waals surface area contributed by atoms with Gasteiger partial charge in [-0.15, -0.1) is 5.10 Å². The molecule has 106 valence electrons. The topological polar surface area (TPSA) is 55.6 Å². The Balaban J connectivity index is 1.77. The number of para-hydroxylation sites is 1. The Morgan fingerprint density at radius 2 is 1.95 bits per heavy atom. The summed E-state index contributed by atoms with van der Waals surface area (Å²) in [7, 11) is 0. The van der Waals surface area contributed by atoms with Crippen molar-refractivity contribution in [1.82, 2.24) is 20.2 Å². The molecule has 0 amide bonds. The molecule has 1 N–H and O–H groups in total. The van der Waals surface area contributed by atoms with E-state index >= 15 is 0 Å². The number of nitrogens with zero attached hydrogens (tertiary/aromatic N) is 4. The highest BCUT2D eigenvalue weighted by atomic mass is 79.9. The molecule has 2 aromatic carbocycles. The number of anilines is 1. The number of aromatic nitrogens is 4. The second-order valence-corrected chi connectivity index (χ2v) is 5.59. The normalized spacial score (nSPS) is 10.6. The maximum atomic E-state index is 6.07. The van der Waals surface area contributed by atoms with E-state index in [0.717, 1.165) is 21.7 Å². The molecule has 0 unspecified atom stereocenters. The van der Waals surface area contributed by atoms with E-state index < -0.39 is 0 Å². The summed E-state index contributed by atoms with van der Waals surface area (Å²) in [5, 5.41) is 15.7. The Morgan fingerprint density at radius 3 is 2.71 bits per heavy atom. The van der Waals surface area contributed by atoms with Gasteiger partial charge in [-0.05, 0) is 56.7 Å². The average Bonchev–Trinajstić information content (AvgIpc) is 2.98. The lowest BCUT2D eigenvalue weighted by atomic mass is 10.3. The van der Waals surface area contributed by atoms with Gasteiger partial charge in [-0.1, -0.05) is 29.8 Å². The quantitative estimate of drug-likeness (QED) is 0.767. The SMILES string of the molecule is Clc1cc(NCc2nnnn2-c2ccccc2)ccc1Br. The highest BCUT2D eigenvalue weighted by molar-refractivity contribution is 9.10. The first-order chi connectivity index (χ1) is 10.2. The largest absolute Gasteiger partial charge is 0.378 e. The van der Waals surface area contributed by atoms with Crippen molar-refractivity contribution in [2.75, 3.05) is 5.32 Å². The number of rotatable bonds is 4. The highest BCUT2D eigenvalue weighted by Gasteiger charge is 2.08. The predicted molar refractivity (Wildman–Crippen MR) is 85.6 cm³/mol. The lowest BCUT2D eigenvalue weighted by Crippen LogP contribution is -2.08. The summed E-state index contributed by atoms with van der Waals surface area (Å²) in [5.41, 5.74) is 1.83. The van der Waals surface area contributed by atoms with Gasteiger partial charge in [-0.3, -0.25) is 0 Å². The zero-order chi connectivity index (χ0) is 14.7. The van der Waals surface area contributed by atoms with Crippen molar-refractivity contribution in [2.24, 2.45) is 0 Å². The van der Waals surface area contributed by atoms with Crippen molar-refractivity contribution in [3.8, 4) is 5.69 Å². The molecule has 7 heteroatoms. The molecule has 0 saturated carbocycles. The average molecular weight is 365 g/mol. The minimum absolute atomic E-state index is 0.500. The molecule has 0 fully saturated rings. The maximum absolute atomic E-state index is 6.07. The molecule has 0 aliphatic carbocycles. The third-order valence-corrected chi connectivity index (χ3v) is 4.14. The summed E-state index contributed by atoms with van der Waals surface area (Å²) in [4.78, 5) is 0. The Bertz CT molecular complexity index is 744. The van der Waals surface area contributed by atoms with Crippen LogP contribution >= 0.6 is 27.5 Å². The van der Waals surface area contributed by atoms with E-state index in [4.69, 9.17) is 11.6 Å². The van der Waals surface area contributed by atoms with Gasteiger partial charge >= 0.3 is 0 Å². The van der Waals surface area contributed by atoms with Gasteiger partial charge in [-0.25, -0.2) is 0 Å². The fraction of sp³-hybridized carbons (Fsp3) is 0.0714. The first-order valence-corrected chi connectivity index (χ1v) is 7.43. The Kier molecular flexibility index (Phi) is 4.17. The first kappa shape index (κ1) is 14.0. The molecule has 21 heavy (non-hydrogen) atoms. The van der Waals surface area contributed by atoms with Crippen LogP contribution < -0.4 is 5.32 Å². The van der Waals surface area contributed by atoms with Crippen LogP contribution in [0.1, 0.15) is 5.82 Å². The molecule has 3 rings (SSSR count). The van der Waals surface area contributed by atoms with E-state index in [1.54, 1.807) is 4.68 Å². The van der Waals surface area contributed by atoms with Gasteiger partial charge < -0.3 is 5.32 Å². The lowest BCUT2D eigenvalue weighted by Gasteiger charge is -2.08. The molecular formula is C14H11BrClN5. The van der Waals surface area contributed by atoms with E-state index in [-0.39, 0.29) is 0 Å². The van der Waals surface area contributed by atoms with Crippen LogP contribution in [0.2, 0.25) is 5.02 Å². The molecule has 0 atom stereocenters. The fourth-order valence-electron chi connectivity index (χ4n) is 1.87. The zero-order valence-corrected chi connectivity index (χ0v) is 13.2. The Labute approximate surface area is 135 Å². The van der Waals surface area contributed by atoms with E-state index in [9.17, 15) is 0 Å². The van der Waals surface area contributed by atoms with Gasteiger partial charge in [0.15, 0.2) is 5.82 Å². The number of benzene rings is 2. The van der Waals surface area contributed by atoms with Crippen LogP contribution in [0.5, 0.6) is 0 Å². The number of hydrogen-bond acceptors (Lipinski definition) is 4. The van der Waals surface area contributed by atoms with Crippen molar-refractivity contribution in [3.05, 3.63) is 63.9 Å². The molecule has 0 aliphatic heterocycles. The molecule has 0 radical (unpaired) electrons. The second kappa shape index (κ2) is 6.24. The van der Waals surface area contributed by atoms with E-state index in [2.05, 4.69) is 36.8 Å². The van der Waals surface area contributed by atoms with Crippen LogP contribution in [0.15, 0.2) is 53.0 Å². The molecule has 5 nitrogen and oxygen atoms in total. The van der Waals surface area contributed by atoms with Crippen molar-refractivity contribution in [1.29, 1.82) is 0 Å². The molecule has 3 aromatic rings. The monoisotopic (exact) mass is 363 g/mol. The van der Waals surface area contributed by atoms with Gasteiger partial charge in [0.25, 0.3) is 0 Å². The van der Waals surface area contributed by atoms with Crippen molar-refractivity contribution in [3.63, 3.8) is 0 Å². The standard InChI is InChI=1S/C14H11BrClN5/c15-12-7-6-10(8-13(12)16)17-9-14-18-19-20-21(14)11-4-2-1-3-5-11/h1-8,17H,9H2. The predicted octanol–water partition coefficient (Wildman–Crippen LogP) is 3.69. The van der Waals surface area contributed by atoms with Gasteiger partial charge in [0.05, 0.1) is 17.3 Å². The van der Waals surface area contributed by atoms with Gasteiger partial charge in [-0.2, -0.15) is 4.68 Å². The minimum atomic E-state index is 0.500. The summed E-state index contributed by atoms with van der Waals surface area (Å²) in [5.74, 6) is 0.722. The van der Waals surface area contributed by atoms with Crippen LogP contribution in [0.25, 0.3) is 5.69 Å². The summed E-state index contributed by atoms with van der Waals surface area (Å²) < 4.78 is 2.57. The first-order valence-electron chi connectivity index (χ1n) is 6.25. The second-order valence-electron chi connectivity index (χ2n) is 4.32. The number of hydrogen-bond donors (Lipinski definition) is 1. The van der Waals surface area contributed by atoms with E-state index in [1.165, 1.54) is 0 Å². The van der Waals surface area contributed by atoms with Crippen molar-refractivity contribution in [2.45, 2.75) is 6.54 Å². The van der Waals surface area contributed by atoms with Crippen LogP contribution in [0.3, 0.4) is 0 Å². The maximum Gasteiger partial charge on any atom is 0.175 e. The van der Waals surface area contributed by atoms with Gasteiger partial charge in [0.2, 0.25) is 0 Å². The molecule has 0 spiro atoms. The van der Waals surface area contributed by atoms with Crippen LogP contribution in [0.4, 0.5) is 5.69 Å². The van der Waals surface area contributed by atoms with Crippen LogP contribution in [-0.2, 0) is 6.54 Å². The number of halogens is 2. The van der Waals surface area contributed by atoms with Crippen LogP contribution in [0, 0.1) is 0 Å². The van der Waals surface area contributed by atoms with E-state index in [0.29, 0.717) is 11.6 Å². The molecule has 0 aliphatic rings. The lowest BCUT2D eigenvalue weighted by molar-refractivity contribution is 0.768. The summed E-state index contributed by atoms with van der Waals surface area (Å²) in [6.45, 7) is 0.500. The number of nitrogens with one attached hydrogen (secondary N) is 1. The smallest absolute Gasteiger partial charge is 0.175 e. The van der Waals surface area contributed by atoms with Gasteiger partial charge in [0.1, 0.15) is 0 Å². The summed E-state index contributed by atoms with van der Waals surface area (Å²) in [6.07, 6.45) is 0. The molecule has 0 saturated heterocycles. The fourth-order valence-corrected chi connectivity index (χ4v) is 2.30. The Morgan fingerprint density at radius 1 is 1.14 bits per heavy atom. The minimum Gasteiger partial charge on any atom is -0.378 e. The molecule has 1 aromatic heterocycles. The molecule has 0 bridgehead atoms. The third-order valence-electron chi connectivity index (χ3n) is 2.91. The van der Waals surface area contributed by atoms with Gasteiger partial charge in [0, 0.05) is 10.2 Å². The van der Waals surface area contributed by atoms with Crippen molar-refractivity contribution >= 4 is 33.2 Å². The third kappa shape index (κ3) is 3.22. The molecule has 1 heterocycles. The zero-order valence-electron chi connectivity index (χ0n) is 10.9. The summed E-state index contributed by atoms with van der Waals surface area (Å²) >= 11 is 9.43. The number of tetrazole rings is 1. The van der Waals surface area contributed by atoms with E-state index in [1.807, 2.05) is 48.5 Å². The van der Waals surface area contributed by atoms with Crippen molar-refractivity contribution < 1.29 is 0 Å². The highest BCUT2D eigenvalue weighted by Crippen LogP contribution is 2.25. The molecular weight excluding hydrogens is 354 g/mol.